The molecule has 0 fully saturated rings. The molecular formula is C14H24N2O. The van der Waals surface area contributed by atoms with Gasteiger partial charge in [0, 0.05) is 6.54 Å². The summed E-state index contributed by atoms with van der Waals surface area (Å²) in [5, 5.41) is 3.36. The fourth-order valence-electron chi connectivity index (χ4n) is 1.77. The van der Waals surface area contributed by atoms with Gasteiger partial charge in [0.05, 0.1) is 13.1 Å². The molecule has 0 aromatic carbocycles. The number of furan rings is 1. The van der Waals surface area contributed by atoms with Crippen LogP contribution in [0.1, 0.15) is 30.4 Å². The third-order valence-corrected chi connectivity index (χ3v) is 2.65. The van der Waals surface area contributed by atoms with E-state index >= 15 is 0 Å². The molecule has 0 atom stereocenters. The van der Waals surface area contributed by atoms with Crippen LogP contribution in [0, 0.1) is 6.92 Å². The molecule has 0 unspecified atom stereocenters. The molecule has 0 aliphatic carbocycles. The zero-order valence-corrected chi connectivity index (χ0v) is 11.3. The van der Waals surface area contributed by atoms with Crippen molar-refractivity contribution in [1.29, 1.82) is 0 Å². The molecule has 1 rings (SSSR count). The van der Waals surface area contributed by atoms with Crippen LogP contribution in [-0.2, 0) is 13.1 Å². The minimum atomic E-state index is 0.824. The summed E-state index contributed by atoms with van der Waals surface area (Å²) in [5.41, 5.74) is 1.23. The van der Waals surface area contributed by atoms with E-state index in [1.54, 1.807) is 0 Å². The van der Waals surface area contributed by atoms with Crippen molar-refractivity contribution < 1.29 is 4.42 Å². The lowest BCUT2D eigenvalue weighted by molar-refractivity contribution is 0.314. The van der Waals surface area contributed by atoms with E-state index in [9.17, 15) is 0 Å². The van der Waals surface area contributed by atoms with Crippen LogP contribution in [0.25, 0.3) is 0 Å². The second-order valence-electron chi connectivity index (χ2n) is 4.48. The van der Waals surface area contributed by atoms with Crippen molar-refractivity contribution in [1.82, 2.24) is 10.2 Å². The van der Waals surface area contributed by atoms with E-state index in [1.807, 2.05) is 6.08 Å². The van der Waals surface area contributed by atoms with Crippen molar-refractivity contribution in [3.8, 4) is 0 Å². The molecule has 96 valence electrons. The Bertz CT molecular complexity index is 344. The topological polar surface area (TPSA) is 28.4 Å². The van der Waals surface area contributed by atoms with Crippen molar-refractivity contribution >= 4 is 0 Å². The molecule has 0 spiro atoms. The first-order valence-electron chi connectivity index (χ1n) is 6.25. The normalized spacial score (nSPS) is 11.1. The van der Waals surface area contributed by atoms with Gasteiger partial charge in [-0.15, -0.1) is 6.58 Å². The zero-order chi connectivity index (χ0) is 12.7. The Kier molecular flexibility index (Phi) is 6.01. The molecule has 1 N–H and O–H groups in total. The first-order valence-corrected chi connectivity index (χ1v) is 6.25. The van der Waals surface area contributed by atoms with Crippen LogP contribution in [0.4, 0.5) is 0 Å². The number of hydrogen-bond acceptors (Lipinski definition) is 3. The Balaban J connectivity index is 2.51. The van der Waals surface area contributed by atoms with Crippen LogP contribution >= 0.6 is 0 Å². The molecular weight excluding hydrogens is 212 g/mol. The summed E-state index contributed by atoms with van der Waals surface area (Å²) in [7, 11) is 2.06. The molecule has 17 heavy (non-hydrogen) atoms. The van der Waals surface area contributed by atoms with Gasteiger partial charge in [0.1, 0.15) is 11.5 Å². The fourth-order valence-corrected chi connectivity index (χ4v) is 1.77. The van der Waals surface area contributed by atoms with E-state index < -0.39 is 0 Å². The summed E-state index contributed by atoms with van der Waals surface area (Å²) in [6.45, 7) is 11.6. The van der Waals surface area contributed by atoms with Gasteiger partial charge in [0.2, 0.25) is 0 Å². The highest BCUT2D eigenvalue weighted by atomic mass is 16.3. The number of likely N-dealkylation sites (N-methyl/N-ethyl adjacent to an activating group) is 1. The Labute approximate surface area is 104 Å². The van der Waals surface area contributed by atoms with Gasteiger partial charge in [-0.1, -0.05) is 13.0 Å². The average molecular weight is 236 g/mol. The number of nitrogens with zero attached hydrogens (tertiary/aromatic N) is 1. The highest BCUT2D eigenvalue weighted by Gasteiger charge is 2.08. The van der Waals surface area contributed by atoms with Gasteiger partial charge in [-0.25, -0.2) is 0 Å². The Hall–Kier alpha value is -1.06. The van der Waals surface area contributed by atoms with Crippen molar-refractivity contribution in [3.63, 3.8) is 0 Å². The smallest absolute Gasteiger partial charge is 0.120 e. The number of hydrogen-bond donors (Lipinski definition) is 1. The van der Waals surface area contributed by atoms with E-state index in [-0.39, 0.29) is 0 Å². The molecule has 3 heteroatoms. The fraction of sp³-hybridized carbons (Fsp3) is 0.571. The lowest BCUT2D eigenvalue weighted by Gasteiger charge is -2.11. The third kappa shape index (κ3) is 4.75. The number of rotatable bonds is 8. The molecule has 0 radical (unpaired) electrons. The summed E-state index contributed by atoms with van der Waals surface area (Å²) in [6.07, 6.45) is 3.05. The third-order valence-electron chi connectivity index (χ3n) is 2.65. The van der Waals surface area contributed by atoms with Gasteiger partial charge in [-0.05, 0) is 38.6 Å². The van der Waals surface area contributed by atoms with E-state index in [0.717, 1.165) is 44.1 Å². The predicted octanol–water partition coefficient (Wildman–Crippen LogP) is 2.71. The summed E-state index contributed by atoms with van der Waals surface area (Å²) >= 11 is 0. The highest BCUT2D eigenvalue weighted by Crippen LogP contribution is 2.15. The monoisotopic (exact) mass is 236 g/mol. The maximum Gasteiger partial charge on any atom is 0.120 e. The van der Waals surface area contributed by atoms with Crippen LogP contribution in [0.5, 0.6) is 0 Å². The molecule has 0 saturated heterocycles. The predicted molar refractivity (Wildman–Crippen MR) is 72.0 cm³/mol. The second kappa shape index (κ2) is 7.30. The van der Waals surface area contributed by atoms with Gasteiger partial charge in [-0.2, -0.15) is 0 Å². The lowest BCUT2D eigenvalue weighted by Crippen LogP contribution is -2.17. The SMILES string of the molecule is C=CCN(C)Cc1cc(C)c(CNCCC)o1. The maximum atomic E-state index is 5.84. The van der Waals surface area contributed by atoms with E-state index in [2.05, 4.69) is 43.8 Å². The quantitative estimate of drug-likeness (QED) is 0.555. The molecule has 1 aromatic heterocycles. The van der Waals surface area contributed by atoms with Crippen LogP contribution < -0.4 is 5.32 Å². The summed E-state index contributed by atoms with van der Waals surface area (Å²) in [5.74, 6) is 2.08. The highest BCUT2D eigenvalue weighted by molar-refractivity contribution is 5.20. The van der Waals surface area contributed by atoms with Crippen molar-refractivity contribution in [3.05, 3.63) is 35.8 Å². The Morgan fingerprint density at radius 2 is 2.29 bits per heavy atom. The molecule has 0 saturated carbocycles. The van der Waals surface area contributed by atoms with E-state index in [4.69, 9.17) is 4.42 Å². The molecule has 0 bridgehead atoms. The van der Waals surface area contributed by atoms with Crippen LogP contribution in [0.15, 0.2) is 23.1 Å². The molecule has 1 aromatic rings. The maximum absolute atomic E-state index is 5.84. The minimum absolute atomic E-state index is 0.824. The molecule has 3 nitrogen and oxygen atoms in total. The van der Waals surface area contributed by atoms with Crippen LogP contribution in [-0.4, -0.2) is 25.0 Å². The zero-order valence-electron chi connectivity index (χ0n) is 11.3. The van der Waals surface area contributed by atoms with E-state index in [1.165, 1.54) is 5.56 Å². The van der Waals surface area contributed by atoms with Crippen molar-refractivity contribution in [2.24, 2.45) is 0 Å². The Morgan fingerprint density at radius 1 is 1.53 bits per heavy atom. The first-order chi connectivity index (χ1) is 8.17. The van der Waals surface area contributed by atoms with E-state index in [0.29, 0.717) is 0 Å². The summed E-state index contributed by atoms with van der Waals surface area (Å²) < 4.78 is 5.84. The van der Waals surface area contributed by atoms with Crippen molar-refractivity contribution in [2.75, 3.05) is 20.1 Å². The first kappa shape index (κ1) is 14.0. The van der Waals surface area contributed by atoms with Gasteiger partial charge in [0.15, 0.2) is 0 Å². The molecule has 0 aliphatic heterocycles. The lowest BCUT2D eigenvalue weighted by atomic mass is 10.2. The standard InChI is InChI=1S/C14H24N2O/c1-5-7-15-10-14-12(3)9-13(17-14)11-16(4)8-6-2/h6,9,15H,2,5,7-8,10-11H2,1,3-4H3. The van der Waals surface area contributed by atoms with Crippen LogP contribution in [0.3, 0.4) is 0 Å². The molecule has 0 amide bonds. The van der Waals surface area contributed by atoms with Gasteiger partial charge >= 0.3 is 0 Å². The second-order valence-corrected chi connectivity index (χ2v) is 4.48. The Morgan fingerprint density at radius 3 is 2.94 bits per heavy atom. The number of aryl methyl sites for hydroxylation is 1. The molecule has 0 aliphatic rings. The summed E-state index contributed by atoms with van der Waals surface area (Å²) in [6, 6.07) is 2.13. The number of nitrogens with one attached hydrogen (secondary N) is 1. The van der Waals surface area contributed by atoms with Crippen LogP contribution in [0.2, 0.25) is 0 Å². The minimum Gasteiger partial charge on any atom is -0.463 e. The average Bonchev–Trinajstić information content (AvgIpc) is 2.60. The van der Waals surface area contributed by atoms with Gasteiger partial charge in [-0.3, -0.25) is 4.90 Å². The van der Waals surface area contributed by atoms with Gasteiger partial charge < -0.3 is 9.73 Å². The summed E-state index contributed by atoms with van der Waals surface area (Å²) in [4.78, 5) is 2.18. The largest absolute Gasteiger partial charge is 0.463 e. The molecule has 1 heterocycles. The van der Waals surface area contributed by atoms with Crippen molar-refractivity contribution in [2.45, 2.75) is 33.4 Å². The van der Waals surface area contributed by atoms with Gasteiger partial charge in [0.25, 0.3) is 0 Å².